The summed E-state index contributed by atoms with van der Waals surface area (Å²) in [5.41, 5.74) is 6.01. The van der Waals surface area contributed by atoms with E-state index < -0.39 is 6.17 Å². The fraction of sp³-hybridized carbons (Fsp3) is 0.933. The lowest BCUT2D eigenvalue weighted by molar-refractivity contribution is -0.124. The second kappa shape index (κ2) is 6.26. The van der Waals surface area contributed by atoms with Crippen molar-refractivity contribution in [2.24, 2.45) is 17.8 Å². The fourth-order valence-electron chi connectivity index (χ4n) is 4.59. The van der Waals surface area contributed by atoms with E-state index in [4.69, 9.17) is 0 Å². The van der Waals surface area contributed by atoms with Gasteiger partial charge >= 0.3 is 0 Å². The van der Waals surface area contributed by atoms with Gasteiger partial charge in [0.05, 0.1) is 5.92 Å². The summed E-state index contributed by atoms with van der Waals surface area (Å²) >= 11 is 1.86. The van der Waals surface area contributed by atoms with Gasteiger partial charge in [0.15, 0.2) is 0 Å². The molecule has 0 spiro atoms. The third kappa shape index (κ3) is 2.88. The number of fused-ring (bicyclic) bond motifs is 3. The zero-order chi connectivity index (χ0) is 15.1. The molecule has 4 rings (SSSR count). The highest BCUT2D eigenvalue weighted by Crippen LogP contribution is 2.48. The predicted octanol–water partition coefficient (Wildman–Crippen LogP) is 0.732. The Labute approximate surface area is 134 Å². The summed E-state index contributed by atoms with van der Waals surface area (Å²) in [6.07, 6.45) is 4.15. The first kappa shape index (κ1) is 15.2. The van der Waals surface area contributed by atoms with Crippen LogP contribution in [0, 0.1) is 17.8 Å². The molecule has 0 aromatic rings. The zero-order valence-corrected chi connectivity index (χ0v) is 13.5. The Balaban J connectivity index is 1.36. The van der Waals surface area contributed by atoms with Crippen LogP contribution in [0.2, 0.25) is 0 Å². The van der Waals surface area contributed by atoms with Crippen molar-refractivity contribution in [3.05, 3.63) is 0 Å². The number of carbonyl (C=O) groups excluding carboxylic acids is 1. The van der Waals surface area contributed by atoms with Crippen LogP contribution in [0.4, 0.5) is 4.39 Å². The number of hydrogen-bond donors (Lipinski definition) is 4. The largest absolute Gasteiger partial charge is 0.331 e. The lowest BCUT2D eigenvalue weighted by atomic mass is 9.68. The number of alkyl halides is 1. The van der Waals surface area contributed by atoms with Crippen LogP contribution in [0.25, 0.3) is 0 Å². The molecule has 2 aliphatic carbocycles. The molecule has 7 heteroatoms. The number of halogens is 1. The van der Waals surface area contributed by atoms with Gasteiger partial charge in [0.25, 0.3) is 0 Å². The normalized spacial score (nSPS) is 45.3. The maximum Gasteiger partial charge on any atom is 0.227 e. The van der Waals surface area contributed by atoms with Crippen LogP contribution in [0.5, 0.6) is 0 Å². The van der Waals surface area contributed by atoms with E-state index in [-0.39, 0.29) is 17.3 Å². The van der Waals surface area contributed by atoms with Gasteiger partial charge in [-0.1, -0.05) is 0 Å². The van der Waals surface area contributed by atoms with Crippen LogP contribution >= 0.6 is 11.8 Å². The number of hydrazine groups is 1. The van der Waals surface area contributed by atoms with Crippen LogP contribution in [0.3, 0.4) is 0 Å². The lowest BCUT2D eigenvalue weighted by Gasteiger charge is -2.42. The molecule has 4 aliphatic rings. The summed E-state index contributed by atoms with van der Waals surface area (Å²) in [7, 11) is 0. The van der Waals surface area contributed by atoms with Crippen LogP contribution < -0.4 is 21.5 Å². The van der Waals surface area contributed by atoms with Crippen molar-refractivity contribution in [3.63, 3.8) is 0 Å². The second-order valence-corrected chi connectivity index (χ2v) is 8.42. The average Bonchev–Trinajstić information content (AvgIpc) is 3.15. The van der Waals surface area contributed by atoms with E-state index in [1.54, 1.807) is 0 Å². The van der Waals surface area contributed by atoms with E-state index in [1.807, 2.05) is 11.8 Å². The molecule has 0 aromatic carbocycles. The Hall–Kier alpha value is -0.370. The van der Waals surface area contributed by atoms with Gasteiger partial charge in [-0.3, -0.25) is 21.0 Å². The van der Waals surface area contributed by atoms with Gasteiger partial charge in [0.1, 0.15) is 11.7 Å². The van der Waals surface area contributed by atoms with E-state index >= 15 is 0 Å². The minimum Gasteiger partial charge on any atom is -0.331 e. The Morgan fingerprint density at radius 2 is 1.95 bits per heavy atom. The molecule has 4 N–H and O–H groups in total. The average molecular weight is 328 g/mol. The highest BCUT2D eigenvalue weighted by atomic mass is 32.2. The van der Waals surface area contributed by atoms with Gasteiger partial charge in [-0.2, -0.15) is 0 Å². The number of carbonyl (C=O) groups is 1. The summed E-state index contributed by atoms with van der Waals surface area (Å²) in [6, 6.07) is 0.479. The first-order valence-electron chi connectivity index (χ1n) is 8.52. The maximum atomic E-state index is 13.6. The summed E-state index contributed by atoms with van der Waals surface area (Å²) < 4.78 is 13.6. The van der Waals surface area contributed by atoms with Gasteiger partial charge in [-0.15, -0.1) is 11.8 Å². The second-order valence-electron chi connectivity index (χ2n) is 7.13. The Morgan fingerprint density at radius 1 is 1.14 bits per heavy atom. The van der Waals surface area contributed by atoms with Crippen molar-refractivity contribution in [3.8, 4) is 0 Å². The molecule has 2 saturated carbocycles. The molecule has 5 nitrogen and oxygen atoms in total. The standard InChI is InChI=1S/C15H25FN4OS/c16-10-2-3-11-8(5-10)1-4-12-13(11)22-15(19-12)20-14(21)9-6-17-18-7-9/h8-13,15,17-19H,1-7H2,(H,20,21). The third-order valence-corrected chi connectivity index (χ3v) is 7.29. The van der Waals surface area contributed by atoms with Crippen molar-refractivity contribution in [2.45, 2.75) is 55.1 Å². The van der Waals surface area contributed by atoms with E-state index in [0.717, 1.165) is 32.1 Å². The van der Waals surface area contributed by atoms with E-state index in [1.165, 1.54) is 0 Å². The van der Waals surface area contributed by atoms with E-state index in [0.29, 0.717) is 36.2 Å². The molecule has 2 aliphatic heterocycles. The maximum absolute atomic E-state index is 13.6. The topological polar surface area (TPSA) is 65.2 Å². The lowest BCUT2D eigenvalue weighted by Crippen LogP contribution is -2.48. The highest BCUT2D eigenvalue weighted by Gasteiger charge is 2.47. The first-order valence-corrected chi connectivity index (χ1v) is 9.46. The van der Waals surface area contributed by atoms with Crippen molar-refractivity contribution in [1.82, 2.24) is 21.5 Å². The summed E-state index contributed by atoms with van der Waals surface area (Å²) in [4.78, 5) is 12.2. The number of nitrogens with one attached hydrogen (secondary N) is 4. The number of hydrogen-bond acceptors (Lipinski definition) is 5. The predicted molar refractivity (Wildman–Crippen MR) is 84.7 cm³/mol. The summed E-state index contributed by atoms with van der Waals surface area (Å²) in [5, 5.41) is 7.27. The monoisotopic (exact) mass is 328 g/mol. The SMILES string of the molecule is O=C(NC1NC2CCC3CC(F)CCC3C2S1)C1CNNC1. The van der Waals surface area contributed by atoms with Gasteiger partial charge in [-0.25, -0.2) is 4.39 Å². The van der Waals surface area contributed by atoms with Crippen molar-refractivity contribution >= 4 is 17.7 Å². The molecular weight excluding hydrogens is 303 g/mol. The van der Waals surface area contributed by atoms with Gasteiger partial charge in [0, 0.05) is 24.4 Å². The fourth-order valence-corrected chi connectivity index (χ4v) is 6.30. The van der Waals surface area contributed by atoms with E-state index in [2.05, 4.69) is 21.5 Å². The van der Waals surface area contributed by atoms with Gasteiger partial charge < -0.3 is 5.32 Å². The van der Waals surface area contributed by atoms with Crippen LogP contribution in [0.15, 0.2) is 0 Å². The molecule has 2 saturated heterocycles. The van der Waals surface area contributed by atoms with E-state index in [9.17, 15) is 9.18 Å². The Kier molecular flexibility index (Phi) is 4.32. The number of amides is 1. The van der Waals surface area contributed by atoms with Crippen molar-refractivity contribution in [2.75, 3.05) is 13.1 Å². The molecule has 4 fully saturated rings. The van der Waals surface area contributed by atoms with Crippen molar-refractivity contribution in [1.29, 1.82) is 0 Å². The molecule has 0 aromatic heterocycles. The van der Waals surface area contributed by atoms with Crippen LogP contribution in [0.1, 0.15) is 32.1 Å². The molecule has 22 heavy (non-hydrogen) atoms. The van der Waals surface area contributed by atoms with Crippen molar-refractivity contribution < 1.29 is 9.18 Å². The minimum atomic E-state index is -0.588. The molecule has 1 amide bonds. The Bertz CT molecular complexity index is 434. The third-order valence-electron chi connectivity index (χ3n) is 5.77. The van der Waals surface area contributed by atoms with Crippen LogP contribution in [-0.4, -0.2) is 42.0 Å². The quantitative estimate of drug-likeness (QED) is 0.602. The molecule has 6 atom stereocenters. The molecule has 124 valence electrons. The molecule has 6 unspecified atom stereocenters. The molecule has 2 heterocycles. The molecule has 0 bridgehead atoms. The highest BCUT2D eigenvalue weighted by molar-refractivity contribution is 8.00. The summed E-state index contributed by atoms with van der Waals surface area (Å²) in [5.74, 6) is 1.31. The van der Waals surface area contributed by atoms with Gasteiger partial charge in [-0.05, 0) is 43.9 Å². The minimum absolute atomic E-state index is 0.0137. The number of rotatable bonds is 2. The van der Waals surface area contributed by atoms with Crippen LogP contribution in [-0.2, 0) is 4.79 Å². The number of thioether (sulfide) groups is 1. The first-order chi connectivity index (χ1) is 10.7. The smallest absolute Gasteiger partial charge is 0.227 e. The summed E-state index contributed by atoms with van der Waals surface area (Å²) in [6.45, 7) is 1.39. The molecule has 0 radical (unpaired) electrons. The van der Waals surface area contributed by atoms with Gasteiger partial charge in [0.2, 0.25) is 5.91 Å². The zero-order valence-electron chi connectivity index (χ0n) is 12.7. The Morgan fingerprint density at radius 3 is 2.77 bits per heavy atom. The molecular formula is C15H25FN4OS.